The van der Waals surface area contributed by atoms with Crippen molar-refractivity contribution < 1.29 is 17.9 Å². The van der Waals surface area contributed by atoms with Crippen LogP contribution in [0.25, 0.3) is 5.65 Å². The molecule has 0 saturated heterocycles. The molecular formula is C21H18N4O5S. The van der Waals surface area contributed by atoms with Crippen molar-refractivity contribution in [2.24, 2.45) is 0 Å². The van der Waals surface area contributed by atoms with E-state index in [0.29, 0.717) is 16.9 Å². The number of anilines is 1. The van der Waals surface area contributed by atoms with E-state index in [9.17, 15) is 18.0 Å². The number of carbonyl (C=O) groups is 1. The van der Waals surface area contributed by atoms with Gasteiger partial charge in [0.05, 0.1) is 24.1 Å². The van der Waals surface area contributed by atoms with Gasteiger partial charge in [-0.25, -0.2) is 22.7 Å². The van der Waals surface area contributed by atoms with Crippen LogP contribution in [0.15, 0.2) is 82.6 Å². The summed E-state index contributed by atoms with van der Waals surface area (Å²) in [5.41, 5.74) is 1.53. The van der Waals surface area contributed by atoms with E-state index < -0.39 is 16.0 Å². The molecule has 0 aliphatic rings. The number of rotatable bonds is 6. The lowest BCUT2D eigenvalue weighted by Gasteiger charge is -2.10. The standard InChI is InChI=1S/C21H18N4O5S/c1-30-20(26)16-8-10-18(11-9-16)31(28,29)23-17-6-4-5-15(13-17)14-25-21(27)24-12-3-2-7-19(24)22-25/h2-13,23H,14H2,1H3. The Morgan fingerprint density at radius 3 is 2.55 bits per heavy atom. The maximum Gasteiger partial charge on any atom is 0.350 e. The molecule has 0 saturated carbocycles. The second kappa shape index (κ2) is 8.07. The van der Waals surface area contributed by atoms with Crippen LogP contribution in [0, 0.1) is 0 Å². The molecule has 2 aromatic carbocycles. The van der Waals surface area contributed by atoms with Crippen LogP contribution < -0.4 is 10.4 Å². The number of ether oxygens (including phenoxy) is 1. The van der Waals surface area contributed by atoms with Crippen molar-refractivity contribution in [2.45, 2.75) is 11.4 Å². The lowest BCUT2D eigenvalue weighted by molar-refractivity contribution is 0.0600. The van der Waals surface area contributed by atoms with Gasteiger partial charge in [-0.05, 0) is 54.1 Å². The Hall–Kier alpha value is -3.92. The first kappa shape index (κ1) is 20.4. The number of nitrogens with zero attached hydrogens (tertiary/aromatic N) is 3. The van der Waals surface area contributed by atoms with Crippen molar-refractivity contribution in [2.75, 3.05) is 11.8 Å². The van der Waals surface area contributed by atoms with Crippen molar-refractivity contribution in [3.8, 4) is 0 Å². The van der Waals surface area contributed by atoms with E-state index in [4.69, 9.17) is 0 Å². The fourth-order valence-corrected chi connectivity index (χ4v) is 4.13. The summed E-state index contributed by atoms with van der Waals surface area (Å²) < 4.78 is 35.3. The monoisotopic (exact) mass is 438 g/mol. The first-order chi connectivity index (χ1) is 14.9. The SMILES string of the molecule is COC(=O)c1ccc(S(=O)(=O)Nc2cccc(Cn3nc4ccccn4c3=O)c2)cc1. The number of esters is 1. The molecule has 0 spiro atoms. The maximum atomic E-state index is 12.7. The van der Waals surface area contributed by atoms with E-state index in [1.54, 1.807) is 48.7 Å². The average molecular weight is 438 g/mol. The van der Waals surface area contributed by atoms with Crippen LogP contribution in [0.3, 0.4) is 0 Å². The highest BCUT2D eigenvalue weighted by Gasteiger charge is 2.16. The molecule has 0 fully saturated rings. The van der Waals surface area contributed by atoms with Gasteiger partial charge in [-0.2, -0.15) is 0 Å². The highest BCUT2D eigenvalue weighted by molar-refractivity contribution is 7.92. The Morgan fingerprint density at radius 1 is 1.06 bits per heavy atom. The average Bonchev–Trinajstić information content (AvgIpc) is 3.08. The largest absolute Gasteiger partial charge is 0.465 e. The quantitative estimate of drug-likeness (QED) is 0.462. The number of aromatic nitrogens is 3. The lowest BCUT2D eigenvalue weighted by Crippen LogP contribution is -2.21. The van der Waals surface area contributed by atoms with E-state index in [1.807, 2.05) is 0 Å². The van der Waals surface area contributed by atoms with E-state index in [2.05, 4.69) is 14.6 Å². The fourth-order valence-electron chi connectivity index (χ4n) is 3.08. The Bertz CT molecular complexity index is 1420. The number of carbonyl (C=O) groups excluding carboxylic acids is 1. The van der Waals surface area contributed by atoms with Gasteiger partial charge < -0.3 is 4.74 Å². The number of fused-ring (bicyclic) bond motifs is 1. The van der Waals surface area contributed by atoms with E-state index in [1.165, 1.54) is 40.5 Å². The van der Waals surface area contributed by atoms with Gasteiger partial charge >= 0.3 is 11.7 Å². The molecule has 10 heteroatoms. The fraction of sp³-hybridized carbons (Fsp3) is 0.0952. The third kappa shape index (κ3) is 4.19. The zero-order chi connectivity index (χ0) is 22.0. The number of hydrogen-bond acceptors (Lipinski definition) is 6. The molecule has 0 unspecified atom stereocenters. The first-order valence-corrected chi connectivity index (χ1v) is 10.7. The minimum absolute atomic E-state index is 0.00197. The molecule has 2 aromatic heterocycles. The van der Waals surface area contributed by atoms with Crippen LogP contribution >= 0.6 is 0 Å². The highest BCUT2D eigenvalue weighted by atomic mass is 32.2. The van der Waals surface area contributed by atoms with Crippen molar-refractivity contribution >= 4 is 27.3 Å². The number of benzene rings is 2. The molecule has 0 aliphatic heterocycles. The Morgan fingerprint density at radius 2 is 1.84 bits per heavy atom. The molecule has 1 N–H and O–H groups in total. The zero-order valence-electron chi connectivity index (χ0n) is 16.4. The van der Waals surface area contributed by atoms with Crippen molar-refractivity contribution in [3.05, 3.63) is 94.5 Å². The van der Waals surface area contributed by atoms with Crippen molar-refractivity contribution in [3.63, 3.8) is 0 Å². The van der Waals surface area contributed by atoms with Gasteiger partial charge in [0, 0.05) is 11.9 Å². The van der Waals surface area contributed by atoms with Crippen molar-refractivity contribution in [1.29, 1.82) is 0 Å². The molecular weight excluding hydrogens is 420 g/mol. The number of nitrogens with one attached hydrogen (secondary N) is 1. The molecule has 2 heterocycles. The molecule has 0 radical (unpaired) electrons. The molecule has 9 nitrogen and oxygen atoms in total. The molecule has 4 rings (SSSR count). The summed E-state index contributed by atoms with van der Waals surface area (Å²) in [6.07, 6.45) is 1.64. The van der Waals surface area contributed by atoms with Gasteiger partial charge in [0.25, 0.3) is 10.0 Å². The summed E-state index contributed by atoms with van der Waals surface area (Å²) in [5, 5.41) is 4.28. The highest BCUT2D eigenvalue weighted by Crippen LogP contribution is 2.18. The number of sulfonamides is 1. The predicted molar refractivity (Wildman–Crippen MR) is 114 cm³/mol. The van der Waals surface area contributed by atoms with Crippen molar-refractivity contribution in [1.82, 2.24) is 14.2 Å². The second-order valence-corrected chi connectivity index (χ2v) is 8.37. The third-order valence-corrected chi connectivity index (χ3v) is 5.98. The van der Waals surface area contributed by atoms with Gasteiger partial charge in [-0.3, -0.25) is 9.12 Å². The Labute approximate surface area is 177 Å². The number of hydrogen-bond donors (Lipinski definition) is 1. The van der Waals surface area contributed by atoms with Crippen LogP contribution in [0.2, 0.25) is 0 Å². The summed E-state index contributed by atoms with van der Waals surface area (Å²) in [6.45, 7) is 0.184. The molecule has 4 aromatic rings. The van der Waals surface area contributed by atoms with Gasteiger partial charge in [0.15, 0.2) is 5.65 Å². The molecule has 31 heavy (non-hydrogen) atoms. The van der Waals surface area contributed by atoms with E-state index in [0.717, 1.165) is 0 Å². The lowest BCUT2D eigenvalue weighted by atomic mass is 10.2. The minimum Gasteiger partial charge on any atom is -0.465 e. The summed E-state index contributed by atoms with van der Waals surface area (Å²) in [7, 11) is -2.62. The van der Waals surface area contributed by atoms with Gasteiger partial charge in [-0.1, -0.05) is 18.2 Å². The number of pyridine rings is 1. The first-order valence-electron chi connectivity index (χ1n) is 9.22. The van der Waals surface area contributed by atoms with E-state index >= 15 is 0 Å². The number of methoxy groups -OCH3 is 1. The summed E-state index contributed by atoms with van der Waals surface area (Å²) in [5.74, 6) is -0.549. The normalized spacial score (nSPS) is 11.4. The molecule has 0 atom stereocenters. The predicted octanol–water partition coefficient (Wildman–Crippen LogP) is 2.13. The Balaban J connectivity index is 1.56. The molecule has 158 valence electrons. The van der Waals surface area contributed by atoms with Gasteiger partial charge in [-0.15, -0.1) is 5.10 Å². The Kier molecular flexibility index (Phi) is 5.30. The van der Waals surface area contributed by atoms with E-state index in [-0.39, 0.29) is 22.7 Å². The minimum atomic E-state index is -3.87. The zero-order valence-corrected chi connectivity index (χ0v) is 17.2. The topological polar surface area (TPSA) is 112 Å². The second-order valence-electron chi connectivity index (χ2n) is 6.69. The van der Waals surface area contributed by atoms with Crippen LogP contribution in [0.4, 0.5) is 5.69 Å². The smallest absolute Gasteiger partial charge is 0.350 e. The van der Waals surface area contributed by atoms with Crippen LogP contribution in [-0.4, -0.2) is 35.7 Å². The molecule has 0 aliphatic carbocycles. The summed E-state index contributed by atoms with van der Waals surface area (Å²) in [4.78, 5) is 24.0. The molecule has 0 amide bonds. The van der Waals surface area contributed by atoms with Gasteiger partial charge in [0.2, 0.25) is 0 Å². The summed E-state index contributed by atoms with van der Waals surface area (Å²) in [6, 6.07) is 17.4. The van der Waals surface area contributed by atoms with Crippen LogP contribution in [0.1, 0.15) is 15.9 Å². The maximum absolute atomic E-state index is 12.7. The van der Waals surface area contributed by atoms with Crippen LogP contribution in [-0.2, 0) is 21.3 Å². The molecule has 0 bridgehead atoms. The van der Waals surface area contributed by atoms with Crippen LogP contribution in [0.5, 0.6) is 0 Å². The van der Waals surface area contributed by atoms with Gasteiger partial charge in [0.1, 0.15) is 0 Å². The summed E-state index contributed by atoms with van der Waals surface area (Å²) >= 11 is 0. The third-order valence-electron chi connectivity index (χ3n) is 4.59.